The molecule has 0 aromatic rings. The lowest BCUT2D eigenvalue weighted by Crippen LogP contribution is -2.64. The molecule has 3 aliphatic rings. The van der Waals surface area contributed by atoms with Crippen LogP contribution in [0.3, 0.4) is 0 Å². The smallest absolute Gasteiger partial charge is 0.311 e. The number of carbonyl (C=O) groups excluding carboxylic acids is 2. The summed E-state index contributed by atoms with van der Waals surface area (Å²) in [6, 6.07) is 0. The lowest BCUT2D eigenvalue weighted by atomic mass is 9.84. The molecule has 0 spiro atoms. The largest absolute Gasteiger partial charge is 0.455 e. The van der Waals surface area contributed by atoms with E-state index in [-0.39, 0.29) is 0 Å². The fourth-order valence-electron chi connectivity index (χ4n) is 3.89. The Morgan fingerprint density at radius 3 is 1.13 bits per heavy atom. The van der Waals surface area contributed by atoms with E-state index in [0.29, 0.717) is 0 Å². The van der Waals surface area contributed by atoms with Crippen molar-refractivity contribution in [2.45, 2.75) is 117 Å². The number of hydrogen-bond donors (Lipinski definition) is 0. The minimum Gasteiger partial charge on any atom is -0.455 e. The Balaban J connectivity index is 2.01. The van der Waals surface area contributed by atoms with Gasteiger partial charge in [0.2, 0.25) is 0 Å². The topological polar surface area (TPSA) is 89.5 Å². The highest BCUT2D eigenvalue weighted by Gasteiger charge is 2.66. The van der Waals surface area contributed by atoms with Crippen LogP contribution in [0.2, 0.25) is 0 Å². The molecule has 30 heavy (non-hydrogen) atoms. The van der Waals surface area contributed by atoms with Gasteiger partial charge in [0.25, 0.3) is 0 Å². The van der Waals surface area contributed by atoms with Gasteiger partial charge in [0, 0.05) is 0 Å². The molecule has 172 valence electrons. The monoisotopic (exact) mass is 428 g/mol. The van der Waals surface area contributed by atoms with Crippen LogP contribution in [0, 0.1) is 10.8 Å². The first kappa shape index (κ1) is 23.4. The maximum Gasteiger partial charge on any atom is 0.311 e. The van der Waals surface area contributed by atoms with Gasteiger partial charge in [-0.2, -0.15) is 0 Å². The number of carbonyl (C=O) groups is 2. The van der Waals surface area contributed by atoms with Gasteiger partial charge in [-0.15, -0.1) is 0 Å². The number of ether oxygens (including phenoxy) is 6. The van der Waals surface area contributed by atoms with Crippen molar-refractivity contribution in [1.29, 1.82) is 0 Å². The van der Waals surface area contributed by atoms with Crippen molar-refractivity contribution in [2.24, 2.45) is 10.8 Å². The fraction of sp³-hybridized carbons (Fsp3) is 0.909. The van der Waals surface area contributed by atoms with Gasteiger partial charge in [0.15, 0.2) is 23.8 Å². The zero-order valence-electron chi connectivity index (χ0n) is 19.7. The summed E-state index contributed by atoms with van der Waals surface area (Å²) in [5.74, 6) is -2.67. The number of rotatable bonds is 2. The van der Waals surface area contributed by atoms with Gasteiger partial charge in [-0.05, 0) is 69.2 Å². The van der Waals surface area contributed by atoms with Crippen LogP contribution >= 0.6 is 0 Å². The average molecular weight is 429 g/mol. The summed E-state index contributed by atoms with van der Waals surface area (Å²) >= 11 is 0. The van der Waals surface area contributed by atoms with Gasteiger partial charge in [-0.3, -0.25) is 9.59 Å². The minimum absolute atomic E-state index is 0.423. The van der Waals surface area contributed by atoms with Crippen LogP contribution < -0.4 is 0 Å². The van der Waals surface area contributed by atoms with Gasteiger partial charge >= 0.3 is 11.9 Å². The Kier molecular flexibility index (Phi) is 5.59. The normalized spacial score (nSPS) is 37.3. The van der Waals surface area contributed by atoms with E-state index in [0.717, 1.165) is 0 Å². The summed E-state index contributed by atoms with van der Waals surface area (Å²) in [7, 11) is 0. The molecule has 0 amide bonds. The van der Waals surface area contributed by atoms with Crippen LogP contribution in [-0.2, 0) is 38.0 Å². The third-order valence-corrected chi connectivity index (χ3v) is 5.33. The maximum absolute atomic E-state index is 12.8. The van der Waals surface area contributed by atoms with Crippen molar-refractivity contribution in [2.75, 3.05) is 0 Å². The molecule has 3 fully saturated rings. The third kappa shape index (κ3) is 4.52. The Morgan fingerprint density at radius 1 is 0.600 bits per heavy atom. The molecule has 0 radical (unpaired) electrons. The summed E-state index contributed by atoms with van der Waals surface area (Å²) in [4.78, 5) is 25.6. The third-order valence-electron chi connectivity index (χ3n) is 5.33. The summed E-state index contributed by atoms with van der Waals surface area (Å²) in [6.45, 7) is 17.8. The van der Waals surface area contributed by atoms with Crippen LogP contribution in [0.1, 0.15) is 69.2 Å². The van der Waals surface area contributed by atoms with E-state index in [2.05, 4.69) is 0 Å². The predicted octanol–water partition coefficient (Wildman–Crippen LogP) is 2.96. The van der Waals surface area contributed by atoms with Gasteiger partial charge in [-0.1, -0.05) is 0 Å². The number of esters is 2. The van der Waals surface area contributed by atoms with E-state index >= 15 is 0 Å². The van der Waals surface area contributed by atoms with E-state index in [1.165, 1.54) is 0 Å². The molecule has 3 rings (SSSR count). The summed E-state index contributed by atoms with van der Waals surface area (Å²) < 4.78 is 36.3. The molecule has 2 saturated heterocycles. The highest BCUT2D eigenvalue weighted by molar-refractivity contribution is 5.76. The molecule has 8 nitrogen and oxygen atoms in total. The molecular weight excluding hydrogens is 392 g/mol. The van der Waals surface area contributed by atoms with Crippen molar-refractivity contribution in [3.8, 4) is 0 Å². The van der Waals surface area contributed by atoms with Crippen molar-refractivity contribution in [1.82, 2.24) is 0 Å². The quantitative estimate of drug-likeness (QED) is 0.620. The summed E-state index contributed by atoms with van der Waals surface area (Å²) in [6.07, 6.45) is -4.18. The predicted molar refractivity (Wildman–Crippen MR) is 106 cm³/mol. The zero-order valence-corrected chi connectivity index (χ0v) is 19.7. The van der Waals surface area contributed by atoms with Crippen LogP contribution in [0.15, 0.2) is 0 Å². The van der Waals surface area contributed by atoms with Crippen LogP contribution in [0.5, 0.6) is 0 Å². The second-order valence-electron chi connectivity index (χ2n) is 11.4. The van der Waals surface area contributed by atoms with E-state index in [1.54, 1.807) is 69.2 Å². The summed E-state index contributed by atoms with van der Waals surface area (Å²) in [5, 5.41) is 0. The molecule has 0 N–H and O–H groups in total. The van der Waals surface area contributed by atoms with E-state index < -0.39 is 71.0 Å². The molecule has 0 aromatic carbocycles. The van der Waals surface area contributed by atoms with E-state index in [4.69, 9.17) is 28.4 Å². The van der Waals surface area contributed by atoms with Gasteiger partial charge in [0.1, 0.15) is 24.4 Å². The Morgan fingerprint density at radius 2 is 0.867 bits per heavy atom. The standard InChI is InChI=1S/C22H36O8/c1-19(2,3)17(23)25-11-12(26-18(24)20(4,5)6)14-16(30-22(9,10)28-14)15-13(11)27-21(7,8)29-15/h11-16H,1-10H3/t11-,12-,13-,14+,15-,16-/m1/s1. The van der Waals surface area contributed by atoms with Crippen molar-refractivity contribution >= 4 is 11.9 Å². The molecule has 2 aliphatic heterocycles. The van der Waals surface area contributed by atoms with Crippen molar-refractivity contribution in [3.05, 3.63) is 0 Å². The first-order chi connectivity index (χ1) is 13.4. The van der Waals surface area contributed by atoms with E-state index in [1.807, 2.05) is 0 Å². The Bertz CT molecular complexity index is 639. The molecule has 8 heteroatoms. The molecule has 1 saturated carbocycles. The second-order valence-corrected chi connectivity index (χ2v) is 11.4. The molecular formula is C22H36O8. The van der Waals surface area contributed by atoms with Gasteiger partial charge in [-0.25, -0.2) is 0 Å². The van der Waals surface area contributed by atoms with Crippen LogP contribution in [-0.4, -0.2) is 60.1 Å². The lowest BCUT2D eigenvalue weighted by Gasteiger charge is -2.43. The molecule has 0 aromatic heterocycles. The van der Waals surface area contributed by atoms with Crippen LogP contribution in [0.4, 0.5) is 0 Å². The summed E-state index contributed by atoms with van der Waals surface area (Å²) in [5.41, 5.74) is -1.49. The molecule has 2 heterocycles. The first-order valence-electron chi connectivity index (χ1n) is 10.5. The lowest BCUT2D eigenvalue weighted by molar-refractivity contribution is -0.218. The first-order valence-corrected chi connectivity index (χ1v) is 10.5. The fourth-order valence-corrected chi connectivity index (χ4v) is 3.89. The Labute approximate surface area is 178 Å². The number of hydrogen-bond acceptors (Lipinski definition) is 8. The van der Waals surface area contributed by atoms with Crippen LogP contribution in [0.25, 0.3) is 0 Å². The molecule has 0 unspecified atom stereocenters. The highest BCUT2D eigenvalue weighted by atomic mass is 16.8. The van der Waals surface area contributed by atoms with Crippen molar-refractivity contribution in [3.63, 3.8) is 0 Å². The highest BCUT2D eigenvalue weighted by Crippen LogP contribution is 2.47. The SMILES string of the molecule is CC1(C)O[C@H]2[C@@H]3OC(C)(C)O[C@H]3[C@H](OC(=O)C(C)(C)C)[C@@H](OC(=O)C(C)(C)C)[C@H]2O1. The van der Waals surface area contributed by atoms with E-state index in [9.17, 15) is 9.59 Å². The number of fused-ring (bicyclic) bond motifs is 3. The Hall–Kier alpha value is -1.22. The average Bonchev–Trinajstić information content (AvgIpc) is 3.03. The zero-order chi connectivity index (χ0) is 22.9. The van der Waals surface area contributed by atoms with Crippen molar-refractivity contribution < 1.29 is 38.0 Å². The molecule has 0 bridgehead atoms. The minimum atomic E-state index is -0.911. The molecule has 1 aliphatic carbocycles. The second kappa shape index (κ2) is 7.15. The maximum atomic E-state index is 12.8. The van der Waals surface area contributed by atoms with Gasteiger partial charge < -0.3 is 28.4 Å². The van der Waals surface area contributed by atoms with Gasteiger partial charge in [0.05, 0.1) is 10.8 Å². The molecule has 6 atom stereocenters.